The van der Waals surface area contributed by atoms with E-state index in [9.17, 15) is 0 Å². The number of aromatic nitrogens is 4. The van der Waals surface area contributed by atoms with Crippen LogP contribution in [0.2, 0.25) is 0 Å². The van der Waals surface area contributed by atoms with Gasteiger partial charge in [0.1, 0.15) is 0 Å². The average molecular weight is 287 g/mol. The zero-order valence-corrected chi connectivity index (χ0v) is 12.6. The number of rotatable bonds is 4. The zero-order valence-electron chi connectivity index (χ0n) is 12.6. The van der Waals surface area contributed by atoms with E-state index in [1.165, 1.54) is 0 Å². The number of ether oxygens (including phenoxy) is 1. The summed E-state index contributed by atoms with van der Waals surface area (Å²) < 4.78 is 7.47. The molecule has 1 atom stereocenters. The minimum Gasteiger partial charge on any atom is -0.377 e. The minimum atomic E-state index is 0.305. The maximum Gasteiger partial charge on any atom is 0.175 e. The fourth-order valence-electron chi connectivity index (χ4n) is 2.67. The Morgan fingerprint density at radius 3 is 2.71 bits per heavy atom. The SMILES string of the molecule is CCOC1CCCN(c2ccc(-n3ccc(C)n3)nn2)C1. The smallest absolute Gasteiger partial charge is 0.175 e. The molecule has 6 heteroatoms. The van der Waals surface area contributed by atoms with Crippen molar-refractivity contribution in [3.8, 4) is 5.82 Å². The number of nitrogens with zero attached hydrogens (tertiary/aromatic N) is 5. The van der Waals surface area contributed by atoms with Crippen LogP contribution < -0.4 is 4.90 Å². The lowest BCUT2D eigenvalue weighted by atomic mass is 10.1. The van der Waals surface area contributed by atoms with Crippen LogP contribution in [0.15, 0.2) is 24.4 Å². The lowest BCUT2D eigenvalue weighted by Crippen LogP contribution is -2.40. The molecule has 6 nitrogen and oxygen atoms in total. The molecule has 1 aliphatic heterocycles. The molecule has 0 bridgehead atoms. The molecule has 21 heavy (non-hydrogen) atoms. The second-order valence-electron chi connectivity index (χ2n) is 5.32. The van der Waals surface area contributed by atoms with E-state index < -0.39 is 0 Å². The van der Waals surface area contributed by atoms with Crippen molar-refractivity contribution in [1.82, 2.24) is 20.0 Å². The molecule has 2 aromatic rings. The Morgan fingerprint density at radius 2 is 2.05 bits per heavy atom. The molecule has 1 fully saturated rings. The lowest BCUT2D eigenvalue weighted by Gasteiger charge is -2.32. The third-order valence-electron chi connectivity index (χ3n) is 3.70. The Bertz CT molecular complexity index is 578. The molecule has 1 saturated heterocycles. The molecule has 0 aromatic carbocycles. The van der Waals surface area contributed by atoms with Crippen molar-refractivity contribution in [2.75, 3.05) is 24.6 Å². The molecule has 3 heterocycles. The van der Waals surface area contributed by atoms with Crippen LogP contribution in [0.1, 0.15) is 25.5 Å². The number of piperidine rings is 1. The summed E-state index contributed by atoms with van der Waals surface area (Å²) in [6.07, 6.45) is 4.46. The fraction of sp³-hybridized carbons (Fsp3) is 0.533. The normalized spacial score (nSPS) is 19.0. The van der Waals surface area contributed by atoms with Crippen LogP contribution in [0.4, 0.5) is 5.82 Å². The van der Waals surface area contributed by atoms with Gasteiger partial charge in [0, 0.05) is 25.9 Å². The second kappa shape index (κ2) is 6.22. The predicted molar refractivity (Wildman–Crippen MR) is 80.8 cm³/mol. The fourth-order valence-corrected chi connectivity index (χ4v) is 2.67. The average Bonchev–Trinajstić information content (AvgIpc) is 2.95. The van der Waals surface area contributed by atoms with Gasteiger partial charge in [-0.2, -0.15) is 5.10 Å². The van der Waals surface area contributed by atoms with Crippen LogP contribution in [0.5, 0.6) is 0 Å². The van der Waals surface area contributed by atoms with Gasteiger partial charge in [-0.25, -0.2) is 4.68 Å². The van der Waals surface area contributed by atoms with Crippen LogP contribution >= 0.6 is 0 Å². The zero-order chi connectivity index (χ0) is 14.7. The molecule has 1 unspecified atom stereocenters. The van der Waals surface area contributed by atoms with Gasteiger partial charge < -0.3 is 9.64 Å². The van der Waals surface area contributed by atoms with Crippen molar-refractivity contribution < 1.29 is 4.74 Å². The van der Waals surface area contributed by atoms with E-state index in [2.05, 4.69) is 20.2 Å². The Balaban J connectivity index is 1.71. The number of aryl methyl sites for hydroxylation is 1. The second-order valence-corrected chi connectivity index (χ2v) is 5.32. The number of hydrogen-bond donors (Lipinski definition) is 0. The summed E-state index contributed by atoms with van der Waals surface area (Å²) in [6.45, 7) is 6.67. The number of hydrogen-bond acceptors (Lipinski definition) is 5. The molecule has 0 radical (unpaired) electrons. The van der Waals surface area contributed by atoms with E-state index in [-0.39, 0.29) is 0 Å². The van der Waals surface area contributed by atoms with Gasteiger partial charge in [0.2, 0.25) is 0 Å². The van der Waals surface area contributed by atoms with E-state index in [1.807, 2.05) is 38.2 Å². The first kappa shape index (κ1) is 14.0. The van der Waals surface area contributed by atoms with Gasteiger partial charge in [-0.1, -0.05) is 0 Å². The van der Waals surface area contributed by atoms with Gasteiger partial charge in [-0.15, -0.1) is 10.2 Å². The molecular weight excluding hydrogens is 266 g/mol. The Kier molecular flexibility index (Phi) is 4.15. The summed E-state index contributed by atoms with van der Waals surface area (Å²) in [5.41, 5.74) is 0.969. The van der Waals surface area contributed by atoms with E-state index in [0.29, 0.717) is 6.10 Å². The molecule has 0 spiro atoms. The molecule has 0 aliphatic carbocycles. The number of anilines is 1. The van der Waals surface area contributed by atoms with E-state index in [0.717, 1.165) is 49.9 Å². The topological polar surface area (TPSA) is 56.1 Å². The molecule has 0 saturated carbocycles. The Labute approximate surface area is 124 Å². The minimum absolute atomic E-state index is 0.305. The standard InChI is InChI=1S/C15H21N5O/c1-3-21-13-5-4-9-19(11-13)14-6-7-15(17-16-14)20-10-8-12(2)18-20/h6-8,10,13H,3-5,9,11H2,1-2H3. The highest BCUT2D eigenvalue weighted by Crippen LogP contribution is 2.19. The van der Waals surface area contributed by atoms with Crippen molar-refractivity contribution in [2.24, 2.45) is 0 Å². The van der Waals surface area contributed by atoms with Gasteiger partial charge in [0.15, 0.2) is 11.6 Å². The van der Waals surface area contributed by atoms with Crippen molar-refractivity contribution in [2.45, 2.75) is 32.8 Å². The molecule has 2 aromatic heterocycles. The van der Waals surface area contributed by atoms with E-state index in [4.69, 9.17) is 4.74 Å². The first-order valence-electron chi connectivity index (χ1n) is 7.49. The highest BCUT2D eigenvalue weighted by atomic mass is 16.5. The molecular formula is C15H21N5O. The summed E-state index contributed by atoms with van der Waals surface area (Å²) in [7, 11) is 0. The molecule has 3 rings (SSSR count). The third kappa shape index (κ3) is 3.21. The summed E-state index contributed by atoms with van der Waals surface area (Å²) >= 11 is 0. The van der Waals surface area contributed by atoms with Gasteiger partial charge in [0.05, 0.1) is 11.8 Å². The Morgan fingerprint density at radius 1 is 1.24 bits per heavy atom. The van der Waals surface area contributed by atoms with Crippen molar-refractivity contribution in [3.05, 3.63) is 30.1 Å². The summed E-state index contributed by atoms with van der Waals surface area (Å²) in [5, 5.41) is 13.0. The van der Waals surface area contributed by atoms with Crippen LogP contribution in [-0.2, 0) is 4.74 Å². The predicted octanol–water partition coefficient (Wildman–Crippen LogP) is 1.98. The van der Waals surface area contributed by atoms with Gasteiger partial charge in [-0.05, 0) is 44.9 Å². The van der Waals surface area contributed by atoms with Crippen LogP contribution in [-0.4, -0.2) is 45.8 Å². The van der Waals surface area contributed by atoms with Crippen LogP contribution in [0, 0.1) is 6.92 Å². The van der Waals surface area contributed by atoms with Crippen molar-refractivity contribution in [3.63, 3.8) is 0 Å². The summed E-state index contributed by atoms with van der Waals surface area (Å²) in [6, 6.07) is 5.92. The largest absolute Gasteiger partial charge is 0.377 e. The highest BCUT2D eigenvalue weighted by Gasteiger charge is 2.21. The van der Waals surface area contributed by atoms with Crippen LogP contribution in [0.25, 0.3) is 5.82 Å². The maximum atomic E-state index is 5.73. The first-order valence-corrected chi connectivity index (χ1v) is 7.49. The molecule has 0 amide bonds. The monoisotopic (exact) mass is 287 g/mol. The quantitative estimate of drug-likeness (QED) is 0.860. The lowest BCUT2D eigenvalue weighted by molar-refractivity contribution is 0.0525. The highest BCUT2D eigenvalue weighted by molar-refractivity contribution is 5.40. The molecule has 1 aliphatic rings. The maximum absolute atomic E-state index is 5.73. The van der Waals surface area contributed by atoms with Gasteiger partial charge in [-0.3, -0.25) is 0 Å². The summed E-state index contributed by atoms with van der Waals surface area (Å²) in [5.74, 6) is 1.65. The third-order valence-corrected chi connectivity index (χ3v) is 3.70. The van der Waals surface area contributed by atoms with Gasteiger partial charge >= 0.3 is 0 Å². The van der Waals surface area contributed by atoms with Crippen molar-refractivity contribution >= 4 is 5.82 Å². The van der Waals surface area contributed by atoms with Crippen molar-refractivity contribution in [1.29, 1.82) is 0 Å². The van der Waals surface area contributed by atoms with Gasteiger partial charge in [0.25, 0.3) is 0 Å². The molecule has 0 N–H and O–H groups in total. The van der Waals surface area contributed by atoms with E-state index >= 15 is 0 Å². The first-order chi connectivity index (χ1) is 10.3. The van der Waals surface area contributed by atoms with E-state index in [1.54, 1.807) is 4.68 Å². The van der Waals surface area contributed by atoms with Crippen LogP contribution in [0.3, 0.4) is 0 Å². The summed E-state index contributed by atoms with van der Waals surface area (Å²) in [4.78, 5) is 2.24. The molecule has 112 valence electrons. The Hall–Kier alpha value is -1.95.